The second-order valence-corrected chi connectivity index (χ2v) is 4.78. The first-order chi connectivity index (χ1) is 10.5. The van der Waals surface area contributed by atoms with Crippen molar-refractivity contribution in [3.63, 3.8) is 0 Å². The van der Waals surface area contributed by atoms with Gasteiger partial charge in [0.25, 0.3) is 0 Å². The highest BCUT2D eigenvalue weighted by Gasteiger charge is 2.10. The molecule has 6 nitrogen and oxygen atoms in total. The first kappa shape index (κ1) is 15.2. The third-order valence-electron chi connectivity index (χ3n) is 2.83. The van der Waals surface area contributed by atoms with Crippen molar-refractivity contribution >= 4 is 5.78 Å². The SMILES string of the molecule is CN(C)/C=C/C(=O)c1nn(-c2ccc(C#N)cc2)ccc1=O. The number of aromatic nitrogens is 2. The molecular formula is C16H14N4O2. The van der Waals surface area contributed by atoms with Crippen LogP contribution in [0.25, 0.3) is 5.69 Å². The van der Waals surface area contributed by atoms with Crippen molar-refractivity contribution in [2.45, 2.75) is 0 Å². The highest BCUT2D eigenvalue weighted by Crippen LogP contribution is 2.07. The molecule has 0 aliphatic rings. The van der Waals surface area contributed by atoms with Gasteiger partial charge in [-0.3, -0.25) is 9.59 Å². The van der Waals surface area contributed by atoms with Crippen LogP contribution < -0.4 is 5.43 Å². The average Bonchev–Trinajstić information content (AvgIpc) is 2.53. The first-order valence-corrected chi connectivity index (χ1v) is 6.51. The number of allylic oxidation sites excluding steroid dienone is 1. The Bertz CT molecular complexity index is 811. The summed E-state index contributed by atoms with van der Waals surface area (Å²) >= 11 is 0. The van der Waals surface area contributed by atoms with Crippen molar-refractivity contribution in [1.29, 1.82) is 5.26 Å². The largest absolute Gasteiger partial charge is 0.383 e. The monoisotopic (exact) mass is 294 g/mol. The Labute approximate surface area is 127 Å². The zero-order valence-corrected chi connectivity index (χ0v) is 12.2. The topological polar surface area (TPSA) is 79.0 Å². The predicted octanol–water partition coefficient (Wildman–Crippen LogP) is 1.36. The van der Waals surface area contributed by atoms with Crippen LogP contribution in [-0.2, 0) is 0 Å². The van der Waals surface area contributed by atoms with Crippen LogP contribution in [0.4, 0.5) is 0 Å². The Hall–Kier alpha value is -3.20. The van der Waals surface area contributed by atoms with Crippen LogP contribution in [0.15, 0.2) is 53.6 Å². The Balaban J connectivity index is 2.40. The highest BCUT2D eigenvalue weighted by molar-refractivity contribution is 6.02. The molecule has 0 amide bonds. The number of hydrogen-bond acceptors (Lipinski definition) is 5. The van der Waals surface area contributed by atoms with Crippen molar-refractivity contribution in [3.05, 3.63) is 70.3 Å². The summed E-state index contributed by atoms with van der Waals surface area (Å²) in [4.78, 5) is 25.5. The minimum Gasteiger partial charge on any atom is -0.383 e. The van der Waals surface area contributed by atoms with Crippen LogP contribution in [0.1, 0.15) is 16.1 Å². The summed E-state index contributed by atoms with van der Waals surface area (Å²) in [6.07, 6.45) is 4.34. The molecule has 0 aliphatic heterocycles. The molecule has 0 fully saturated rings. The average molecular weight is 294 g/mol. The van der Waals surface area contributed by atoms with Crippen molar-refractivity contribution in [3.8, 4) is 11.8 Å². The third-order valence-corrected chi connectivity index (χ3v) is 2.83. The van der Waals surface area contributed by atoms with E-state index in [0.717, 1.165) is 0 Å². The van der Waals surface area contributed by atoms with Crippen LogP contribution in [0.3, 0.4) is 0 Å². The summed E-state index contributed by atoms with van der Waals surface area (Å²) in [7, 11) is 3.55. The molecule has 0 radical (unpaired) electrons. The molecule has 0 atom stereocenters. The normalized spacial score (nSPS) is 10.4. The van der Waals surface area contributed by atoms with Gasteiger partial charge in [-0.05, 0) is 24.3 Å². The second kappa shape index (κ2) is 6.50. The van der Waals surface area contributed by atoms with Gasteiger partial charge in [0.05, 0.1) is 17.3 Å². The van der Waals surface area contributed by atoms with Crippen molar-refractivity contribution in [2.75, 3.05) is 14.1 Å². The maximum Gasteiger partial charge on any atom is 0.211 e. The lowest BCUT2D eigenvalue weighted by molar-refractivity contribution is 0.103. The Morgan fingerprint density at radius 2 is 1.95 bits per heavy atom. The van der Waals surface area contributed by atoms with Gasteiger partial charge in [0.15, 0.2) is 5.69 Å². The summed E-state index contributed by atoms with van der Waals surface area (Å²) in [5.74, 6) is -0.457. The number of hydrogen-bond donors (Lipinski definition) is 0. The van der Waals surface area contributed by atoms with Gasteiger partial charge in [0.1, 0.15) is 0 Å². The molecule has 110 valence electrons. The van der Waals surface area contributed by atoms with E-state index in [0.29, 0.717) is 11.3 Å². The maximum atomic E-state index is 12.0. The van der Waals surface area contributed by atoms with E-state index in [9.17, 15) is 9.59 Å². The van der Waals surface area contributed by atoms with E-state index >= 15 is 0 Å². The molecule has 1 aromatic heterocycles. The second-order valence-electron chi connectivity index (χ2n) is 4.78. The quantitative estimate of drug-likeness (QED) is 0.628. The summed E-state index contributed by atoms with van der Waals surface area (Å²) in [5, 5.41) is 12.9. The smallest absolute Gasteiger partial charge is 0.211 e. The zero-order chi connectivity index (χ0) is 16.1. The molecule has 0 spiro atoms. The van der Waals surface area contributed by atoms with Gasteiger partial charge in [-0.15, -0.1) is 0 Å². The van der Waals surface area contributed by atoms with Crippen LogP contribution >= 0.6 is 0 Å². The van der Waals surface area contributed by atoms with Crippen LogP contribution in [-0.4, -0.2) is 34.6 Å². The van der Waals surface area contributed by atoms with E-state index in [1.807, 2.05) is 6.07 Å². The third kappa shape index (κ3) is 3.46. The Morgan fingerprint density at radius 1 is 1.27 bits per heavy atom. The highest BCUT2D eigenvalue weighted by atomic mass is 16.1. The van der Waals surface area contributed by atoms with Crippen molar-refractivity contribution in [1.82, 2.24) is 14.7 Å². The molecule has 1 aromatic carbocycles. The number of benzene rings is 1. The van der Waals surface area contributed by atoms with Crippen molar-refractivity contribution < 1.29 is 4.79 Å². The molecule has 6 heteroatoms. The van der Waals surface area contributed by atoms with Crippen molar-refractivity contribution in [2.24, 2.45) is 0 Å². The van der Waals surface area contributed by atoms with E-state index in [-0.39, 0.29) is 5.69 Å². The number of rotatable bonds is 4. The fourth-order valence-electron chi connectivity index (χ4n) is 1.71. The van der Waals surface area contributed by atoms with Gasteiger partial charge in [-0.25, -0.2) is 4.68 Å². The van der Waals surface area contributed by atoms with E-state index < -0.39 is 11.2 Å². The van der Waals surface area contributed by atoms with Gasteiger partial charge in [0.2, 0.25) is 11.2 Å². The molecule has 0 bridgehead atoms. The lowest BCUT2D eigenvalue weighted by Crippen LogP contribution is -2.20. The molecule has 0 saturated heterocycles. The molecule has 22 heavy (non-hydrogen) atoms. The fourth-order valence-corrected chi connectivity index (χ4v) is 1.71. The van der Waals surface area contributed by atoms with E-state index in [4.69, 9.17) is 5.26 Å². The zero-order valence-electron chi connectivity index (χ0n) is 12.2. The number of nitriles is 1. The summed E-state index contributed by atoms with van der Waals surface area (Å²) < 4.78 is 1.43. The molecule has 0 N–H and O–H groups in total. The fraction of sp³-hybridized carbons (Fsp3) is 0.125. The van der Waals surface area contributed by atoms with E-state index in [1.165, 1.54) is 23.0 Å². The Morgan fingerprint density at radius 3 is 2.55 bits per heavy atom. The number of nitrogens with zero attached hydrogens (tertiary/aromatic N) is 4. The van der Waals surface area contributed by atoms with E-state index in [2.05, 4.69) is 5.10 Å². The molecule has 0 saturated carbocycles. The van der Waals surface area contributed by atoms with Gasteiger partial charge < -0.3 is 4.90 Å². The van der Waals surface area contributed by atoms with Gasteiger partial charge >= 0.3 is 0 Å². The lowest BCUT2D eigenvalue weighted by Gasteiger charge is -2.06. The molecule has 2 aromatic rings. The number of carbonyl (C=O) groups excluding carboxylic acids is 1. The van der Waals surface area contributed by atoms with E-state index in [1.54, 1.807) is 49.5 Å². The van der Waals surface area contributed by atoms with Crippen LogP contribution in [0.2, 0.25) is 0 Å². The first-order valence-electron chi connectivity index (χ1n) is 6.51. The summed E-state index contributed by atoms with van der Waals surface area (Å²) in [6.45, 7) is 0. The predicted molar refractivity (Wildman–Crippen MR) is 81.7 cm³/mol. The van der Waals surface area contributed by atoms with Gasteiger partial charge in [-0.1, -0.05) is 0 Å². The lowest BCUT2D eigenvalue weighted by atomic mass is 10.2. The summed E-state index contributed by atoms with van der Waals surface area (Å²) in [6, 6.07) is 9.99. The number of carbonyl (C=O) groups is 1. The molecular weight excluding hydrogens is 280 g/mol. The maximum absolute atomic E-state index is 12.0. The van der Waals surface area contributed by atoms with Crippen LogP contribution in [0, 0.1) is 11.3 Å². The molecule has 1 heterocycles. The van der Waals surface area contributed by atoms with Crippen LogP contribution in [0.5, 0.6) is 0 Å². The number of ketones is 1. The standard InChI is InChI=1S/C16H14N4O2/c1-19(2)9-7-14(21)16-15(22)8-10-20(18-16)13-5-3-12(11-17)4-6-13/h3-10H,1-2H3/b9-7+. The molecule has 2 rings (SSSR count). The minimum absolute atomic E-state index is 0.148. The van der Waals surface area contributed by atoms with Gasteiger partial charge in [0, 0.05) is 38.6 Å². The Kier molecular flexibility index (Phi) is 4.49. The summed E-state index contributed by atoms with van der Waals surface area (Å²) in [5.41, 5.74) is 0.600. The minimum atomic E-state index is -0.457. The molecule has 0 unspecified atom stereocenters. The molecule has 0 aliphatic carbocycles. The van der Waals surface area contributed by atoms with Gasteiger partial charge in [-0.2, -0.15) is 10.4 Å².